The Morgan fingerprint density at radius 2 is 1.70 bits per heavy atom. The highest BCUT2D eigenvalue weighted by molar-refractivity contribution is 7.65. The van der Waals surface area contributed by atoms with Crippen LogP contribution in [0, 0.1) is 0 Å². The van der Waals surface area contributed by atoms with Crippen LogP contribution >= 0.6 is 7.37 Å². The van der Waals surface area contributed by atoms with Crippen LogP contribution in [0.5, 0.6) is 0 Å². The highest BCUT2D eigenvalue weighted by Crippen LogP contribution is 2.34. The number of hydrogen-bond donors (Lipinski definition) is 0. The predicted molar refractivity (Wildman–Crippen MR) is 40.3 cm³/mol. The second-order valence-corrected chi connectivity index (χ2v) is 4.39. The number of rotatable bonds is 1. The van der Waals surface area contributed by atoms with E-state index < -0.39 is 7.37 Å². The third-order valence-electron chi connectivity index (χ3n) is 1.23. The Bertz CT molecular complexity index is 250. The van der Waals surface area contributed by atoms with Crippen LogP contribution in [0.25, 0.3) is 0 Å². The molecule has 0 bridgehead atoms. The highest BCUT2D eigenvalue weighted by atomic mass is 31.2. The summed E-state index contributed by atoms with van der Waals surface area (Å²) in [6.07, 6.45) is 0. The lowest BCUT2D eigenvalue weighted by Gasteiger charge is -1.99. The third kappa shape index (κ3) is 1.69. The Morgan fingerprint density at radius 1 is 1.20 bits per heavy atom. The molecule has 3 heteroatoms. The molecule has 1 rings (SSSR count). The molecule has 0 aliphatic carbocycles. The van der Waals surface area contributed by atoms with Crippen molar-refractivity contribution in [3.63, 3.8) is 0 Å². The smallest absolute Gasteiger partial charge is 0.261 e. The van der Waals surface area contributed by atoms with Gasteiger partial charge >= 0.3 is 0 Å². The van der Waals surface area contributed by atoms with Gasteiger partial charge in [-0.25, -0.2) is 0 Å². The molecule has 0 fully saturated rings. The summed E-state index contributed by atoms with van der Waals surface area (Å²) in [6.45, 7) is 1.22. The van der Waals surface area contributed by atoms with Crippen molar-refractivity contribution >= 4 is 12.7 Å². The molecule has 1 unspecified atom stereocenters. The van der Waals surface area contributed by atoms with Crippen molar-refractivity contribution < 1.29 is 9.46 Å². The fourth-order valence-electron chi connectivity index (χ4n) is 0.699. The van der Waals surface area contributed by atoms with Crippen LogP contribution in [0.2, 0.25) is 0 Å². The molecule has 0 N–H and O–H groups in total. The summed E-state index contributed by atoms with van der Waals surface area (Å²) < 4.78 is 10.9. The van der Waals surface area contributed by atoms with Gasteiger partial charge in [0.15, 0.2) is 0 Å². The van der Waals surface area contributed by atoms with Gasteiger partial charge in [0, 0.05) is 12.0 Å². The summed E-state index contributed by atoms with van der Waals surface area (Å²) in [5, 5.41) is 0.398. The maximum Gasteiger partial charge on any atom is 0.261 e. The first-order chi connectivity index (χ1) is 4.61. The molecule has 0 heterocycles. The van der Waals surface area contributed by atoms with E-state index in [9.17, 15) is 9.46 Å². The van der Waals surface area contributed by atoms with E-state index in [1.165, 1.54) is 6.66 Å². The second kappa shape index (κ2) is 2.57. The summed E-state index contributed by atoms with van der Waals surface area (Å²) in [5.74, 6) is 0. The monoisotopic (exact) mass is 155 g/mol. The molecule has 0 aliphatic heterocycles. The van der Waals surface area contributed by atoms with Gasteiger partial charge in [-0.1, -0.05) is 18.2 Å². The average Bonchev–Trinajstić information content (AvgIpc) is 1.88. The lowest BCUT2D eigenvalue weighted by Crippen LogP contribution is -1.99. The van der Waals surface area contributed by atoms with E-state index in [1.54, 1.807) is 30.3 Å². The molecular formula is C7H8O2P. The van der Waals surface area contributed by atoms with Crippen molar-refractivity contribution in [2.45, 2.75) is 0 Å². The summed E-state index contributed by atoms with van der Waals surface area (Å²) in [5.41, 5.74) is 0. The van der Waals surface area contributed by atoms with E-state index >= 15 is 0 Å². The maximum absolute atomic E-state index is 10.9. The van der Waals surface area contributed by atoms with Gasteiger partial charge in [0.05, 0.1) is 0 Å². The Labute approximate surface area is 60.0 Å². The van der Waals surface area contributed by atoms with E-state index in [0.717, 1.165) is 0 Å². The molecule has 1 radical (unpaired) electrons. The molecule has 0 amide bonds. The standard InChI is InChI=1S/C7H8O2P/c1-10(8,9)7-5-3-2-4-6-7/h2-6H,1H3. The van der Waals surface area contributed by atoms with Crippen molar-refractivity contribution in [1.29, 1.82) is 0 Å². The molecular weight excluding hydrogens is 147 g/mol. The van der Waals surface area contributed by atoms with Crippen LogP contribution in [-0.4, -0.2) is 6.66 Å². The first-order valence-corrected chi connectivity index (χ1v) is 5.02. The highest BCUT2D eigenvalue weighted by Gasteiger charge is 2.13. The minimum atomic E-state index is -3.27. The zero-order valence-electron chi connectivity index (χ0n) is 5.65. The van der Waals surface area contributed by atoms with Gasteiger partial charge in [0.1, 0.15) is 0 Å². The Morgan fingerprint density at radius 3 is 2.00 bits per heavy atom. The zero-order chi connectivity index (χ0) is 7.61. The summed E-state index contributed by atoms with van der Waals surface area (Å²) in [6, 6.07) is 8.40. The van der Waals surface area contributed by atoms with Gasteiger partial charge in [-0.05, 0) is 12.1 Å². The molecule has 1 aromatic carbocycles. The SMILES string of the molecule is CP([O])(=O)c1ccccc1. The molecule has 0 spiro atoms. The lowest BCUT2D eigenvalue weighted by molar-refractivity contribution is 0.427. The molecule has 2 nitrogen and oxygen atoms in total. The fourth-order valence-corrected chi connectivity index (χ4v) is 1.41. The summed E-state index contributed by atoms with van der Waals surface area (Å²) in [7, 11) is -3.27. The van der Waals surface area contributed by atoms with Crippen LogP contribution in [-0.2, 0) is 9.46 Å². The van der Waals surface area contributed by atoms with Gasteiger partial charge in [-0.3, -0.25) is 4.57 Å². The predicted octanol–water partition coefficient (Wildman–Crippen LogP) is 1.65. The van der Waals surface area contributed by atoms with Gasteiger partial charge in [0.25, 0.3) is 7.37 Å². The van der Waals surface area contributed by atoms with Crippen molar-refractivity contribution in [3.05, 3.63) is 30.3 Å². The van der Waals surface area contributed by atoms with Gasteiger partial charge in [-0.15, -0.1) is 0 Å². The van der Waals surface area contributed by atoms with Gasteiger partial charge in [0.2, 0.25) is 0 Å². The Balaban J connectivity index is 3.09. The van der Waals surface area contributed by atoms with Crippen LogP contribution in [0.3, 0.4) is 0 Å². The van der Waals surface area contributed by atoms with Crippen molar-refractivity contribution in [2.75, 3.05) is 6.66 Å². The normalized spacial score (nSPS) is 16.2. The number of hydrogen-bond acceptors (Lipinski definition) is 1. The molecule has 0 aliphatic rings. The van der Waals surface area contributed by atoms with E-state index in [0.29, 0.717) is 5.30 Å². The van der Waals surface area contributed by atoms with Crippen LogP contribution in [0.15, 0.2) is 30.3 Å². The molecule has 0 saturated heterocycles. The zero-order valence-corrected chi connectivity index (χ0v) is 6.54. The molecule has 53 valence electrons. The van der Waals surface area contributed by atoms with E-state index in [-0.39, 0.29) is 0 Å². The first-order valence-electron chi connectivity index (χ1n) is 2.95. The van der Waals surface area contributed by atoms with Crippen molar-refractivity contribution in [1.82, 2.24) is 0 Å². The fraction of sp³-hybridized carbons (Fsp3) is 0.143. The maximum atomic E-state index is 10.9. The van der Waals surface area contributed by atoms with Crippen LogP contribution in [0.4, 0.5) is 0 Å². The number of benzene rings is 1. The van der Waals surface area contributed by atoms with E-state index in [1.807, 2.05) is 0 Å². The van der Waals surface area contributed by atoms with Crippen LogP contribution in [0.1, 0.15) is 0 Å². The first kappa shape index (κ1) is 7.52. The Hall–Kier alpha value is -0.590. The lowest BCUT2D eigenvalue weighted by atomic mass is 10.4. The topological polar surface area (TPSA) is 37.0 Å². The Kier molecular flexibility index (Phi) is 1.93. The van der Waals surface area contributed by atoms with Crippen LogP contribution < -0.4 is 5.30 Å². The molecule has 1 aromatic rings. The largest absolute Gasteiger partial charge is 0.285 e. The molecule has 10 heavy (non-hydrogen) atoms. The average molecular weight is 155 g/mol. The third-order valence-corrected chi connectivity index (χ3v) is 2.46. The quantitative estimate of drug-likeness (QED) is 0.568. The summed E-state index contributed by atoms with van der Waals surface area (Å²) in [4.78, 5) is 10.9. The minimum absolute atomic E-state index is 0.398. The van der Waals surface area contributed by atoms with E-state index in [4.69, 9.17) is 0 Å². The molecule has 0 saturated carbocycles. The van der Waals surface area contributed by atoms with Gasteiger partial charge in [-0.2, -0.15) is 4.89 Å². The summed E-state index contributed by atoms with van der Waals surface area (Å²) >= 11 is 0. The minimum Gasteiger partial charge on any atom is -0.285 e. The molecule has 0 aromatic heterocycles. The molecule has 1 atom stereocenters. The second-order valence-electron chi connectivity index (χ2n) is 2.18. The van der Waals surface area contributed by atoms with Gasteiger partial charge < -0.3 is 0 Å². The van der Waals surface area contributed by atoms with E-state index in [2.05, 4.69) is 0 Å². The van der Waals surface area contributed by atoms with Crippen molar-refractivity contribution in [3.8, 4) is 0 Å². The van der Waals surface area contributed by atoms with Crippen molar-refractivity contribution in [2.24, 2.45) is 0 Å².